The van der Waals surface area contributed by atoms with Gasteiger partial charge in [0.25, 0.3) is 0 Å². The molecule has 1 heterocycles. The summed E-state index contributed by atoms with van der Waals surface area (Å²) in [6.07, 6.45) is 0. The van der Waals surface area contributed by atoms with Gasteiger partial charge in [0.05, 0.1) is 25.0 Å². The molecule has 8 heteroatoms. The predicted molar refractivity (Wildman–Crippen MR) is 76.8 cm³/mol. The fraction of sp³-hybridized carbons (Fsp3) is 0.385. The van der Waals surface area contributed by atoms with Gasteiger partial charge in [-0.3, -0.25) is 4.57 Å². The van der Waals surface area contributed by atoms with Crippen molar-refractivity contribution >= 4 is 9.84 Å². The first-order chi connectivity index (χ1) is 10.0. The van der Waals surface area contributed by atoms with Crippen molar-refractivity contribution in [1.29, 1.82) is 0 Å². The van der Waals surface area contributed by atoms with Crippen LogP contribution in [0.2, 0.25) is 0 Å². The average molecular weight is 311 g/mol. The third-order valence-electron chi connectivity index (χ3n) is 3.02. The molecule has 2 rings (SSSR count). The largest absolute Gasteiger partial charge is 0.496 e. The first-order valence-electron chi connectivity index (χ1n) is 6.45. The maximum Gasteiger partial charge on any atom is 0.250 e. The van der Waals surface area contributed by atoms with Crippen molar-refractivity contribution < 1.29 is 18.3 Å². The smallest absolute Gasteiger partial charge is 0.250 e. The molecular weight excluding hydrogens is 294 g/mol. The first kappa shape index (κ1) is 15.5. The van der Waals surface area contributed by atoms with Crippen LogP contribution in [0.15, 0.2) is 29.4 Å². The van der Waals surface area contributed by atoms with Gasteiger partial charge >= 0.3 is 0 Å². The number of nitrogens with zero attached hydrogens (tertiary/aromatic N) is 3. The van der Waals surface area contributed by atoms with Crippen LogP contribution in [0.4, 0.5) is 0 Å². The normalized spacial score (nSPS) is 11.6. The predicted octanol–water partition coefficient (Wildman–Crippen LogP) is 0.740. The Morgan fingerprint density at radius 2 is 2.00 bits per heavy atom. The highest BCUT2D eigenvalue weighted by atomic mass is 32.2. The molecule has 114 valence electrons. The van der Waals surface area contributed by atoms with Crippen molar-refractivity contribution in [1.82, 2.24) is 14.8 Å². The number of hydrogen-bond donors (Lipinski definition) is 1. The number of aromatic nitrogens is 3. The van der Waals surface area contributed by atoms with E-state index in [2.05, 4.69) is 10.2 Å². The molecule has 2 aromatic rings. The second kappa shape index (κ2) is 6.23. The molecule has 0 saturated carbocycles. The molecular formula is C13H17N3O4S. The van der Waals surface area contributed by atoms with Gasteiger partial charge in [-0.2, -0.15) is 0 Å². The Morgan fingerprint density at radius 1 is 1.29 bits per heavy atom. The van der Waals surface area contributed by atoms with E-state index in [1.165, 1.54) is 11.7 Å². The number of rotatable bonds is 6. The number of benzene rings is 1. The molecule has 0 aliphatic rings. The second-order valence-corrected chi connectivity index (χ2v) is 6.30. The van der Waals surface area contributed by atoms with Crippen LogP contribution in [0.3, 0.4) is 0 Å². The van der Waals surface area contributed by atoms with Crippen LogP contribution in [0.1, 0.15) is 6.92 Å². The molecule has 21 heavy (non-hydrogen) atoms. The number of methoxy groups -OCH3 is 1. The van der Waals surface area contributed by atoms with Crippen LogP contribution in [0.5, 0.6) is 5.75 Å². The van der Waals surface area contributed by atoms with Crippen molar-refractivity contribution in [2.45, 2.75) is 18.6 Å². The van der Waals surface area contributed by atoms with Crippen LogP contribution in [0, 0.1) is 0 Å². The molecule has 1 aromatic heterocycles. The molecule has 0 saturated heterocycles. The Labute approximate surface area is 123 Å². The Morgan fingerprint density at radius 3 is 2.62 bits per heavy atom. The molecule has 1 aromatic carbocycles. The van der Waals surface area contributed by atoms with Crippen molar-refractivity contribution in [3.63, 3.8) is 0 Å². The summed E-state index contributed by atoms with van der Waals surface area (Å²) in [5.41, 5.74) is 0.666. The number of sulfone groups is 1. The van der Waals surface area contributed by atoms with Crippen LogP contribution < -0.4 is 4.74 Å². The molecule has 0 amide bonds. The Balaban J connectivity index is 2.60. The fourth-order valence-corrected chi connectivity index (χ4v) is 3.18. The monoisotopic (exact) mass is 311 g/mol. The molecule has 0 atom stereocenters. The summed E-state index contributed by atoms with van der Waals surface area (Å²) in [6.45, 7) is 1.74. The molecule has 0 aliphatic heterocycles. The molecule has 7 nitrogen and oxygen atoms in total. The minimum absolute atomic E-state index is 0.139. The molecule has 0 radical (unpaired) electrons. The van der Waals surface area contributed by atoms with Crippen molar-refractivity contribution in [3.8, 4) is 17.1 Å². The van der Waals surface area contributed by atoms with E-state index in [0.717, 1.165) is 0 Å². The lowest BCUT2D eigenvalue weighted by atomic mass is 10.2. The molecule has 1 N–H and O–H groups in total. The molecule has 0 aliphatic carbocycles. The van der Waals surface area contributed by atoms with Gasteiger partial charge in [0, 0.05) is 6.54 Å². The van der Waals surface area contributed by atoms with E-state index in [-0.39, 0.29) is 10.9 Å². The Bertz CT molecular complexity index is 725. The van der Waals surface area contributed by atoms with Crippen LogP contribution in [0.25, 0.3) is 11.4 Å². The van der Waals surface area contributed by atoms with Gasteiger partial charge in [0.1, 0.15) is 5.75 Å². The number of ether oxygens (including phenoxy) is 1. The minimum atomic E-state index is -3.66. The van der Waals surface area contributed by atoms with Gasteiger partial charge in [0.15, 0.2) is 5.82 Å². The average Bonchev–Trinajstić information content (AvgIpc) is 2.91. The summed E-state index contributed by atoms with van der Waals surface area (Å²) in [4.78, 5) is 0. The second-order valence-electron chi connectivity index (χ2n) is 4.29. The SMILES string of the molecule is CCn1c(-c2ccccc2OC)nnc1S(=O)(=O)CCO. The quantitative estimate of drug-likeness (QED) is 0.845. The summed E-state index contributed by atoms with van der Waals surface area (Å²) in [6, 6.07) is 7.19. The van der Waals surface area contributed by atoms with Crippen LogP contribution in [-0.4, -0.2) is 47.8 Å². The summed E-state index contributed by atoms with van der Waals surface area (Å²) in [5.74, 6) is 0.633. The third kappa shape index (κ3) is 2.91. The maximum absolute atomic E-state index is 12.1. The van der Waals surface area contributed by atoms with Crippen molar-refractivity contribution in [2.24, 2.45) is 0 Å². The highest BCUT2D eigenvalue weighted by Gasteiger charge is 2.25. The van der Waals surface area contributed by atoms with Crippen molar-refractivity contribution in [3.05, 3.63) is 24.3 Å². The molecule has 0 bridgehead atoms. The highest BCUT2D eigenvalue weighted by Crippen LogP contribution is 2.29. The lowest BCUT2D eigenvalue weighted by Gasteiger charge is -2.10. The van der Waals surface area contributed by atoms with E-state index in [0.29, 0.717) is 23.7 Å². The van der Waals surface area contributed by atoms with Gasteiger partial charge in [0.2, 0.25) is 15.0 Å². The topological polar surface area (TPSA) is 94.3 Å². The van der Waals surface area contributed by atoms with Crippen molar-refractivity contribution in [2.75, 3.05) is 19.5 Å². The highest BCUT2D eigenvalue weighted by molar-refractivity contribution is 7.91. The van der Waals surface area contributed by atoms with Gasteiger partial charge in [-0.05, 0) is 19.1 Å². The zero-order valence-corrected chi connectivity index (χ0v) is 12.7. The standard InChI is InChI=1S/C13H17N3O4S/c1-3-16-12(10-6-4-5-7-11(10)20-2)14-15-13(16)21(18,19)9-8-17/h4-7,17H,3,8-9H2,1-2H3. The molecule has 0 unspecified atom stereocenters. The summed E-state index contributed by atoms with van der Waals surface area (Å²) in [5, 5.41) is 16.5. The number of aliphatic hydroxyl groups excluding tert-OH is 1. The van der Waals surface area contributed by atoms with Gasteiger partial charge < -0.3 is 9.84 Å². The van der Waals surface area contributed by atoms with E-state index in [1.54, 1.807) is 19.1 Å². The van der Waals surface area contributed by atoms with Gasteiger partial charge in [-0.1, -0.05) is 12.1 Å². The lowest BCUT2D eigenvalue weighted by Crippen LogP contribution is -2.16. The van der Waals surface area contributed by atoms with E-state index < -0.39 is 16.4 Å². The van der Waals surface area contributed by atoms with Crippen LogP contribution in [-0.2, 0) is 16.4 Å². The summed E-state index contributed by atoms with van der Waals surface area (Å²) in [7, 11) is -2.12. The maximum atomic E-state index is 12.1. The van der Waals surface area contributed by atoms with E-state index in [4.69, 9.17) is 9.84 Å². The number of aliphatic hydroxyl groups is 1. The Hall–Kier alpha value is -1.93. The zero-order chi connectivity index (χ0) is 15.5. The van der Waals surface area contributed by atoms with E-state index in [1.807, 2.05) is 12.1 Å². The van der Waals surface area contributed by atoms with Gasteiger partial charge in [-0.25, -0.2) is 8.42 Å². The number of hydrogen-bond acceptors (Lipinski definition) is 6. The lowest BCUT2D eigenvalue weighted by molar-refractivity contribution is 0.319. The van der Waals surface area contributed by atoms with Gasteiger partial charge in [-0.15, -0.1) is 10.2 Å². The summed E-state index contributed by atoms with van der Waals surface area (Å²) >= 11 is 0. The van der Waals surface area contributed by atoms with E-state index in [9.17, 15) is 8.42 Å². The Kier molecular flexibility index (Phi) is 4.59. The zero-order valence-electron chi connectivity index (χ0n) is 11.9. The third-order valence-corrected chi connectivity index (χ3v) is 4.60. The summed E-state index contributed by atoms with van der Waals surface area (Å²) < 4.78 is 31.0. The number of para-hydroxylation sites is 1. The van der Waals surface area contributed by atoms with E-state index >= 15 is 0 Å². The molecule has 0 fully saturated rings. The van der Waals surface area contributed by atoms with Crippen LogP contribution >= 0.6 is 0 Å². The minimum Gasteiger partial charge on any atom is -0.496 e. The first-order valence-corrected chi connectivity index (χ1v) is 8.10. The fourth-order valence-electron chi connectivity index (χ4n) is 2.04. The molecule has 0 spiro atoms.